The summed E-state index contributed by atoms with van der Waals surface area (Å²) in [7, 11) is 1.68. The first kappa shape index (κ1) is 18.0. The molecule has 2 fully saturated rings. The summed E-state index contributed by atoms with van der Waals surface area (Å²) >= 11 is 0. The highest BCUT2D eigenvalue weighted by Gasteiger charge is 2.40. The van der Waals surface area contributed by atoms with Gasteiger partial charge in [0.1, 0.15) is 11.6 Å². The summed E-state index contributed by atoms with van der Waals surface area (Å²) in [5.74, 6) is 0.319. The molecule has 2 aromatic carbocycles. The van der Waals surface area contributed by atoms with Crippen LogP contribution in [0.4, 0.5) is 4.39 Å². The Bertz CT molecular complexity index is 794. The zero-order valence-electron chi connectivity index (χ0n) is 15.5. The van der Waals surface area contributed by atoms with E-state index in [1.54, 1.807) is 19.2 Å². The van der Waals surface area contributed by atoms with Crippen LogP contribution in [0.25, 0.3) is 0 Å². The Labute approximate surface area is 159 Å². The molecule has 2 bridgehead atoms. The SMILES string of the molecule is COc1ccc(CN2[C@H]3CC[C@H]2CC(NC(=O)c2cccc(F)c2)C3)cc1. The molecule has 2 aliphatic rings. The number of piperidine rings is 1. The molecule has 0 saturated carbocycles. The van der Waals surface area contributed by atoms with E-state index >= 15 is 0 Å². The lowest BCUT2D eigenvalue weighted by atomic mass is 9.96. The molecule has 4 nitrogen and oxygen atoms in total. The van der Waals surface area contributed by atoms with Crippen LogP contribution < -0.4 is 10.1 Å². The average molecular weight is 368 g/mol. The number of halogens is 1. The van der Waals surface area contributed by atoms with Crippen molar-refractivity contribution < 1.29 is 13.9 Å². The van der Waals surface area contributed by atoms with Crippen LogP contribution in [0.15, 0.2) is 48.5 Å². The number of amides is 1. The molecule has 2 aromatic rings. The van der Waals surface area contributed by atoms with Gasteiger partial charge in [-0.15, -0.1) is 0 Å². The van der Waals surface area contributed by atoms with Crippen molar-refractivity contribution in [3.8, 4) is 5.75 Å². The third-order valence-electron chi connectivity index (χ3n) is 5.83. The number of hydrogen-bond donors (Lipinski definition) is 1. The van der Waals surface area contributed by atoms with Crippen molar-refractivity contribution in [1.29, 1.82) is 0 Å². The number of nitrogens with zero attached hydrogens (tertiary/aromatic N) is 1. The first-order valence-corrected chi connectivity index (χ1v) is 9.57. The maximum absolute atomic E-state index is 13.4. The smallest absolute Gasteiger partial charge is 0.251 e. The quantitative estimate of drug-likeness (QED) is 0.874. The number of hydrogen-bond acceptors (Lipinski definition) is 3. The van der Waals surface area contributed by atoms with Gasteiger partial charge in [0.05, 0.1) is 7.11 Å². The summed E-state index contributed by atoms with van der Waals surface area (Å²) in [6.45, 7) is 0.934. The van der Waals surface area contributed by atoms with Crippen molar-refractivity contribution in [3.63, 3.8) is 0 Å². The van der Waals surface area contributed by atoms with Gasteiger partial charge in [-0.3, -0.25) is 9.69 Å². The van der Waals surface area contributed by atoms with Gasteiger partial charge in [0.25, 0.3) is 5.91 Å². The average Bonchev–Trinajstić information content (AvgIpc) is 2.90. The molecule has 0 aliphatic carbocycles. The van der Waals surface area contributed by atoms with Crippen LogP contribution in [0.2, 0.25) is 0 Å². The number of fused-ring (bicyclic) bond motifs is 2. The molecular weight excluding hydrogens is 343 g/mol. The zero-order valence-corrected chi connectivity index (χ0v) is 15.5. The summed E-state index contributed by atoms with van der Waals surface area (Å²) in [4.78, 5) is 15.0. The summed E-state index contributed by atoms with van der Waals surface area (Å²) < 4.78 is 18.6. The van der Waals surface area contributed by atoms with E-state index in [-0.39, 0.29) is 17.8 Å². The van der Waals surface area contributed by atoms with E-state index in [4.69, 9.17) is 4.74 Å². The predicted molar refractivity (Wildman–Crippen MR) is 102 cm³/mol. The molecular formula is C22H25FN2O2. The molecule has 2 atom stereocenters. The topological polar surface area (TPSA) is 41.6 Å². The Hall–Kier alpha value is -2.40. The standard InChI is InChI=1S/C22H25FN2O2/c1-27-21-9-5-15(6-10-21)14-25-19-7-8-20(25)13-18(12-19)24-22(26)16-3-2-4-17(23)11-16/h2-6,9-11,18-20H,7-8,12-14H2,1H3,(H,24,26)/t19-,20-/m0/s1. The van der Waals surface area contributed by atoms with E-state index in [1.807, 2.05) is 12.1 Å². The van der Waals surface area contributed by atoms with Crippen LogP contribution in [0.3, 0.4) is 0 Å². The fourth-order valence-electron chi connectivity index (χ4n) is 4.49. The molecule has 4 rings (SSSR count). The van der Waals surface area contributed by atoms with Crippen molar-refractivity contribution in [2.45, 2.75) is 50.4 Å². The second-order valence-corrected chi connectivity index (χ2v) is 7.56. The van der Waals surface area contributed by atoms with Crippen LogP contribution in [0, 0.1) is 5.82 Å². The van der Waals surface area contributed by atoms with Gasteiger partial charge in [-0.25, -0.2) is 4.39 Å². The zero-order chi connectivity index (χ0) is 18.8. The maximum Gasteiger partial charge on any atom is 0.251 e. The second-order valence-electron chi connectivity index (χ2n) is 7.56. The summed E-state index contributed by atoms with van der Waals surface area (Å²) in [5.41, 5.74) is 1.68. The minimum atomic E-state index is -0.378. The van der Waals surface area contributed by atoms with Gasteiger partial charge in [0.15, 0.2) is 0 Å². The lowest BCUT2D eigenvalue weighted by Gasteiger charge is -2.39. The van der Waals surface area contributed by atoms with Gasteiger partial charge >= 0.3 is 0 Å². The monoisotopic (exact) mass is 368 g/mol. The number of carbonyl (C=O) groups excluding carboxylic acids is 1. The Morgan fingerprint density at radius 2 is 1.85 bits per heavy atom. The van der Waals surface area contributed by atoms with Crippen molar-refractivity contribution in [2.75, 3.05) is 7.11 Å². The molecule has 27 heavy (non-hydrogen) atoms. The Morgan fingerprint density at radius 1 is 1.15 bits per heavy atom. The molecule has 0 aromatic heterocycles. The molecule has 0 unspecified atom stereocenters. The van der Waals surface area contributed by atoms with Crippen LogP contribution >= 0.6 is 0 Å². The molecule has 142 valence electrons. The highest BCUT2D eigenvalue weighted by Crippen LogP contribution is 2.37. The van der Waals surface area contributed by atoms with Crippen LogP contribution in [0.5, 0.6) is 5.75 Å². The summed E-state index contributed by atoms with van der Waals surface area (Å²) in [6, 6.07) is 15.3. The predicted octanol–water partition coefficient (Wildman–Crippen LogP) is 3.76. The Balaban J connectivity index is 1.37. The van der Waals surface area contributed by atoms with Crippen molar-refractivity contribution in [3.05, 3.63) is 65.5 Å². The number of benzene rings is 2. The van der Waals surface area contributed by atoms with Crippen LogP contribution in [-0.4, -0.2) is 36.0 Å². The van der Waals surface area contributed by atoms with Crippen LogP contribution in [0.1, 0.15) is 41.6 Å². The number of ether oxygens (including phenoxy) is 1. The van der Waals surface area contributed by atoms with Gasteiger partial charge in [-0.2, -0.15) is 0 Å². The first-order valence-electron chi connectivity index (χ1n) is 9.57. The van der Waals surface area contributed by atoms with Crippen molar-refractivity contribution in [2.24, 2.45) is 0 Å². The third kappa shape index (κ3) is 3.98. The van der Waals surface area contributed by atoms with E-state index in [0.29, 0.717) is 17.6 Å². The second kappa shape index (κ2) is 7.69. The van der Waals surface area contributed by atoms with Gasteiger partial charge in [0.2, 0.25) is 0 Å². The maximum atomic E-state index is 13.4. The lowest BCUT2D eigenvalue weighted by molar-refractivity contribution is 0.0827. The van der Waals surface area contributed by atoms with Gasteiger partial charge < -0.3 is 10.1 Å². The number of methoxy groups -OCH3 is 1. The van der Waals surface area contributed by atoms with Gasteiger partial charge in [0, 0.05) is 30.2 Å². The molecule has 0 spiro atoms. The molecule has 2 saturated heterocycles. The summed E-state index contributed by atoms with van der Waals surface area (Å²) in [6.07, 6.45) is 4.25. The minimum Gasteiger partial charge on any atom is -0.497 e. The van der Waals surface area contributed by atoms with E-state index in [1.165, 1.54) is 30.5 Å². The fourth-order valence-corrected chi connectivity index (χ4v) is 4.49. The van der Waals surface area contributed by atoms with Crippen molar-refractivity contribution in [1.82, 2.24) is 10.2 Å². The molecule has 2 heterocycles. The highest BCUT2D eigenvalue weighted by atomic mass is 19.1. The normalized spacial score (nSPS) is 24.6. The molecule has 1 amide bonds. The van der Waals surface area contributed by atoms with Gasteiger partial charge in [-0.1, -0.05) is 18.2 Å². The fraction of sp³-hybridized carbons (Fsp3) is 0.409. The highest BCUT2D eigenvalue weighted by molar-refractivity contribution is 5.94. The minimum absolute atomic E-state index is 0.158. The first-order chi connectivity index (χ1) is 13.1. The van der Waals surface area contributed by atoms with Gasteiger partial charge in [-0.05, 0) is 61.6 Å². The molecule has 2 aliphatic heterocycles. The molecule has 0 radical (unpaired) electrons. The van der Waals surface area contributed by atoms with E-state index < -0.39 is 0 Å². The van der Waals surface area contributed by atoms with Crippen molar-refractivity contribution >= 4 is 5.91 Å². The van der Waals surface area contributed by atoms with E-state index in [0.717, 1.165) is 25.1 Å². The molecule has 1 N–H and O–H groups in total. The lowest BCUT2D eigenvalue weighted by Crippen LogP contribution is -2.50. The summed E-state index contributed by atoms with van der Waals surface area (Å²) in [5, 5.41) is 3.11. The Kier molecular flexibility index (Phi) is 5.12. The Morgan fingerprint density at radius 3 is 2.48 bits per heavy atom. The molecule has 5 heteroatoms. The van der Waals surface area contributed by atoms with E-state index in [9.17, 15) is 9.18 Å². The number of rotatable bonds is 5. The van der Waals surface area contributed by atoms with E-state index in [2.05, 4.69) is 22.3 Å². The number of nitrogens with one attached hydrogen (secondary N) is 1. The largest absolute Gasteiger partial charge is 0.497 e. The van der Waals surface area contributed by atoms with Crippen LogP contribution in [-0.2, 0) is 6.54 Å². The third-order valence-corrected chi connectivity index (χ3v) is 5.83. The number of carbonyl (C=O) groups is 1.